The molecule has 0 saturated heterocycles. The van der Waals surface area contributed by atoms with Gasteiger partial charge < -0.3 is 0 Å². The van der Waals surface area contributed by atoms with Crippen molar-refractivity contribution in [2.75, 3.05) is 0 Å². The van der Waals surface area contributed by atoms with Gasteiger partial charge in [-0.05, 0) is 38.0 Å². The van der Waals surface area contributed by atoms with Crippen LogP contribution in [0, 0.1) is 5.92 Å². The summed E-state index contributed by atoms with van der Waals surface area (Å²) >= 11 is 0. The van der Waals surface area contributed by atoms with E-state index in [9.17, 15) is 0 Å². The molecule has 0 unspecified atom stereocenters. The molecule has 0 amide bonds. The molecule has 15 heavy (non-hydrogen) atoms. The summed E-state index contributed by atoms with van der Waals surface area (Å²) in [4.78, 5) is 0. The zero-order chi connectivity index (χ0) is 11.5. The molecule has 0 atom stereocenters. The monoisotopic (exact) mass is 206 g/mol. The van der Waals surface area contributed by atoms with Crippen LogP contribution in [0.2, 0.25) is 0 Å². The van der Waals surface area contributed by atoms with Crippen LogP contribution >= 0.6 is 0 Å². The summed E-state index contributed by atoms with van der Waals surface area (Å²) in [6.45, 7) is 10.5. The summed E-state index contributed by atoms with van der Waals surface area (Å²) in [5.74, 6) is 0.761. The van der Waals surface area contributed by atoms with E-state index < -0.39 is 0 Å². The lowest BCUT2D eigenvalue weighted by Gasteiger charge is -2.02. The van der Waals surface area contributed by atoms with E-state index in [2.05, 4.69) is 45.6 Å². The SMILES string of the molecule is C=CCCCC(C=CCC(C)C)=CCC. The van der Waals surface area contributed by atoms with Crippen molar-refractivity contribution in [3.8, 4) is 0 Å². The summed E-state index contributed by atoms with van der Waals surface area (Å²) in [7, 11) is 0. The molecule has 0 heteroatoms. The maximum atomic E-state index is 3.75. The van der Waals surface area contributed by atoms with Crippen LogP contribution in [0.5, 0.6) is 0 Å². The third kappa shape index (κ3) is 9.52. The molecule has 0 aromatic heterocycles. The Morgan fingerprint density at radius 1 is 1.33 bits per heavy atom. The van der Waals surface area contributed by atoms with Crippen LogP contribution in [0.4, 0.5) is 0 Å². The number of rotatable bonds is 8. The van der Waals surface area contributed by atoms with Gasteiger partial charge >= 0.3 is 0 Å². The minimum atomic E-state index is 0.761. The highest BCUT2D eigenvalue weighted by atomic mass is 14.0. The van der Waals surface area contributed by atoms with Crippen LogP contribution in [0.25, 0.3) is 0 Å². The average Bonchev–Trinajstić information content (AvgIpc) is 2.17. The Hall–Kier alpha value is -0.780. The fourth-order valence-corrected chi connectivity index (χ4v) is 1.46. The molecule has 0 aliphatic heterocycles. The van der Waals surface area contributed by atoms with Gasteiger partial charge in [0.05, 0.1) is 0 Å². The van der Waals surface area contributed by atoms with Crippen molar-refractivity contribution in [1.29, 1.82) is 0 Å². The van der Waals surface area contributed by atoms with Crippen molar-refractivity contribution < 1.29 is 0 Å². The smallest absolute Gasteiger partial charge is 0.0279 e. The van der Waals surface area contributed by atoms with E-state index in [0.29, 0.717) is 0 Å². The molecule has 86 valence electrons. The van der Waals surface area contributed by atoms with E-state index in [0.717, 1.165) is 18.8 Å². The molecular weight excluding hydrogens is 180 g/mol. The normalized spacial score (nSPS) is 12.7. The van der Waals surface area contributed by atoms with Gasteiger partial charge in [0.2, 0.25) is 0 Å². The quantitative estimate of drug-likeness (QED) is 0.288. The molecule has 0 bridgehead atoms. The van der Waals surface area contributed by atoms with Crippen LogP contribution in [0.1, 0.15) is 52.9 Å². The van der Waals surface area contributed by atoms with Crippen LogP contribution in [0.3, 0.4) is 0 Å². The Labute approximate surface area is 95.8 Å². The lowest BCUT2D eigenvalue weighted by molar-refractivity contribution is 0.663. The van der Waals surface area contributed by atoms with Crippen LogP contribution in [0.15, 0.2) is 36.5 Å². The zero-order valence-electron chi connectivity index (χ0n) is 10.6. The average molecular weight is 206 g/mol. The lowest BCUT2D eigenvalue weighted by Crippen LogP contribution is -1.84. The van der Waals surface area contributed by atoms with Gasteiger partial charge in [-0.1, -0.05) is 50.6 Å². The van der Waals surface area contributed by atoms with Crippen LogP contribution < -0.4 is 0 Å². The summed E-state index contributed by atoms with van der Waals surface area (Å²) < 4.78 is 0. The van der Waals surface area contributed by atoms with Crippen molar-refractivity contribution in [1.82, 2.24) is 0 Å². The maximum Gasteiger partial charge on any atom is -0.0279 e. The Kier molecular flexibility index (Phi) is 9.26. The topological polar surface area (TPSA) is 0 Å². The molecule has 0 radical (unpaired) electrons. The summed E-state index contributed by atoms with van der Waals surface area (Å²) in [6, 6.07) is 0. The van der Waals surface area contributed by atoms with Gasteiger partial charge in [0.1, 0.15) is 0 Å². The highest BCUT2D eigenvalue weighted by Crippen LogP contribution is 2.12. The van der Waals surface area contributed by atoms with Gasteiger partial charge in [0, 0.05) is 0 Å². The molecule has 0 aromatic rings. The first-order valence-corrected chi connectivity index (χ1v) is 6.17. The molecule has 0 N–H and O–H groups in total. The Morgan fingerprint density at radius 3 is 2.60 bits per heavy atom. The van der Waals surface area contributed by atoms with E-state index in [1.165, 1.54) is 24.8 Å². The fourth-order valence-electron chi connectivity index (χ4n) is 1.46. The van der Waals surface area contributed by atoms with Gasteiger partial charge in [-0.15, -0.1) is 6.58 Å². The molecule has 0 rings (SSSR count). The van der Waals surface area contributed by atoms with E-state index in [1.807, 2.05) is 6.08 Å². The predicted octanol–water partition coefficient (Wildman–Crippen LogP) is 5.28. The Balaban J connectivity index is 3.98. The van der Waals surface area contributed by atoms with E-state index in [1.54, 1.807) is 0 Å². The molecule has 0 aliphatic carbocycles. The van der Waals surface area contributed by atoms with Crippen LogP contribution in [-0.2, 0) is 0 Å². The largest absolute Gasteiger partial charge is 0.103 e. The fraction of sp³-hybridized carbons (Fsp3) is 0.600. The first kappa shape index (κ1) is 14.2. The maximum absolute atomic E-state index is 3.75. The second-order valence-electron chi connectivity index (χ2n) is 4.40. The molecule has 0 aliphatic rings. The predicted molar refractivity (Wildman–Crippen MR) is 71.0 cm³/mol. The first-order chi connectivity index (χ1) is 7.20. The van der Waals surface area contributed by atoms with Crippen molar-refractivity contribution in [2.24, 2.45) is 5.92 Å². The highest BCUT2D eigenvalue weighted by molar-refractivity contribution is 5.18. The van der Waals surface area contributed by atoms with Crippen molar-refractivity contribution >= 4 is 0 Å². The van der Waals surface area contributed by atoms with E-state index in [4.69, 9.17) is 0 Å². The van der Waals surface area contributed by atoms with E-state index in [-0.39, 0.29) is 0 Å². The van der Waals surface area contributed by atoms with E-state index >= 15 is 0 Å². The number of hydrogen-bond donors (Lipinski definition) is 0. The van der Waals surface area contributed by atoms with Gasteiger partial charge in [0.15, 0.2) is 0 Å². The van der Waals surface area contributed by atoms with Crippen molar-refractivity contribution in [3.63, 3.8) is 0 Å². The summed E-state index contributed by atoms with van der Waals surface area (Å²) in [5, 5.41) is 0. The second kappa shape index (κ2) is 9.76. The first-order valence-electron chi connectivity index (χ1n) is 6.17. The van der Waals surface area contributed by atoms with Gasteiger partial charge in [-0.3, -0.25) is 0 Å². The zero-order valence-corrected chi connectivity index (χ0v) is 10.6. The van der Waals surface area contributed by atoms with Crippen LogP contribution in [-0.4, -0.2) is 0 Å². The van der Waals surface area contributed by atoms with Gasteiger partial charge in [0.25, 0.3) is 0 Å². The molecule has 0 aromatic carbocycles. The molecule has 0 spiro atoms. The minimum absolute atomic E-state index is 0.761. The summed E-state index contributed by atoms with van der Waals surface area (Å²) in [5.41, 5.74) is 1.49. The molecular formula is C15H26. The standard InChI is InChI=1S/C15H26/c1-5-7-8-12-15(10-6-2)13-9-11-14(3)4/h5,9-10,13-14H,1,6-8,11-12H2,2-4H3. The van der Waals surface area contributed by atoms with Gasteiger partial charge in [-0.2, -0.15) is 0 Å². The van der Waals surface area contributed by atoms with Crippen molar-refractivity contribution in [2.45, 2.75) is 52.9 Å². The third-order valence-corrected chi connectivity index (χ3v) is 2.28. The third-order valence-electron chi connectivity index (χ3n) is 2.28. The number of hydrogen-bond acceptors (Lipinski definition) is 0. The van der Waals surface area contributed by atoms with Crippen molar-refractivity contribution in [3.05, 3.63) is 36.5 Å². The molecule has 0 nitrogen and oxygen atoms in total. The second-order valence-corrected chi connectivity index (χ2v) is 4.40. The highest BCUT2D eigenvalue weighted by Gasteiger charge is 1.93. The number of allylic oxidation sites excluding steroid dienone is 5. The Bertz CT molecular complexity index is 206. The lowest BCUT2D eigenvalue weighted by atomic mass is 10.0. The Morgan fingerprint density at radius 2 is 2.07 bits per heavy atom. The molecule has 0 fully saturated rings. The summed E-state index contributed by atoms with van der Waals surface area (Å²) in [6.07, 6.45) is 14.8. The number of unbranched alkanes of at least 4 members (excludes halogenated alkanes) is 1. The molecule has 0 saturated carbocycles. The molecule has 0 heterocycles. The van der Waals surface area contributed by atoms with Gasteiger partial charge in [-0.25, -0.2) is 0 Å². The minimum Gasteiger partial charge on any atom is -0.103 e.